The standard InChI is InChI=1S/C4H2I2S/c5-3-1-2-4(6)7-3/h1-2H/i1+1,2+1,3+1,4+1. The number of halogens is 2. The lowest BCUT2D eigenvalue weighted by molar-refractivity contribution is 1.93. The lowest BCUT2D eigenvalue weighted by Crippen LogP contribution is -1.39. The first kappa shape index (κ1) is 6.28. The molecule has 0 saturated heterocycles. The van der Waals surface area contributed by atoms with Crippen molar-refractivity contribution in [2.45, 2.75) is 0 Å². The predicted molar refractivity (Wildman–Crippen MR) is 49.8 cm³/mol. The second kappa shape index (κ2) is 2.63. The van der Waals surface area contributed by atoms with E-state index in [0.29, 0.717) is 0 Å². The summed E-state index contributed by atoms with van der Waals surface area (Å²) in [6.07, 6.45) is 0. The van der Waals surface area contributed by atoms with Crippen molar-refractivity contribution in [3.05, 3.63) is 17.9 Å². The van der Waals surface area contributed by atoms with Gasteiger partial charge >= 0.3 is 0 Å². The third-order valence-corrected chi connectivity index (χ3v) is 3.24. The number of thiophene rings is 1. The monoisotopic (exact) mass is 340 g/mol. The molecule has 0 nitrogen and oxygen atoms in total. The third-order valence-electron chi connectivity index (χ3n) is 0.540. The highest BCUT2D eigenvalue weighted by atomic mass is 127. The topological polar surface area (TPSA) is 0 Å². The summed E-state index contributed by atoms with van der Waals surface area (Å²) in [4.78, 5) is 0. The SMILES string of the molecule is I[13c]1[13cH][13cH][13c](I)s1. The fourth-order valence-electron chi connectivity index (χ4n) is 0.292. The quantitative estimate of drug-likeness (QED) is 0.637. The Labute approximate surface area is 73.6 Å². The Hall–Kier alpha value is 1.16. The van der Waals surface area contributed by atoms with Gasteiger partial charge in [-0.05, 0) is 57.3 Å². The van der Waals surface area contributed by atoms with Crippen LogP contribution < -0.4 is 0 Å². The van der Waals surface area contributed by atoms with Crippen LogP contribution in [0, 0.1) is 5.77 Å². The number of hydrogen-bond donors (Lipinski definition) is 0. The molecule has 1 heterocycles. The molecule has 1 aromatic rings. The minimum absolute atomic E-state index is 1.36. The van der Waals surface area contributed by atoms with Crippen LogP contribution in [-0.4, -0.2) is 0 Å². The van der Waals surface area contributed by atoms with E-state index in [9.17, 15) is 0 Å². The molecule has 0 N–H and O–H groups in total. The normalized spacial score (nSPS) is 9.43. The Balaban J connectivity index is 3.04. The molecule has 3 heteroatoms. The largest absolute Gasteiger partial charge is 0.123 e. The third kappa shape index (κ3) is 1.85. The molecule has 0 atom stereocenters. The lowest BCUT2D eigenvalue weighted by Gasteiger charge is -1.67. The summed E-state index contributed by atoms with van der Waals surface area (Å²) >= 11 is 6.44. The van der Waals surface area contributed by atoms with E-state index in [4.69, 9.17) is 0 Å². The molecule has 1 rings (SSSR count). The van der Waals surface area contributed by atoms with Gasteiger partial charge in [-0.15, -0.1) is 11.3 Å². The lowest BCUT2D eigenvalue weighted by atomic mass is 11.7. The first-order valence-electron chi connectivity index (χ1n) is 1.70. The molecule has 0 saturated carbocycles. The fraction of sp³-hybridized carbons (Fsp3) is 0. The maximum absolute atomic E-state index is 2.31. The van der Waals surface area contributed by atoms with Gasteiger partial charge in [-0.1, -0.05) is 0 Å². The van der Waals surface area contributed by atoms with E-state index < -0.39 is 0 Å². The van der Waals surface area contributed by atoms with Gasteiger partial charge in [-0.25, -0.2) is 0 Å². The van der Waals surface area contributed by atoms with Crippen LogP contribution in [0.3, 0.4) is 0 Å². The van der Waals surface area contributed by atoms with E-state index in [-0.39, 0.29) is 0 Å². The molecular weight excluding hydrogens is 338 g/mol. The summed E-state index contributed by atoms with van der Waals surface area (Å²) in [7, 11) is 0. The second-order valence-corrected chi connectivity index (χ2v) is 5.92. The molecular formula is C4H2I2S. The first-order valence-corrected chi connectivity index (χ1v) is 4.67. The van der Waals surface area contributed by atoms with Gasteiger partial charge in [0.2, 0.25) is 0 Å². The summed E-state index contributed by atoms with van der Waals surface area (Å²) in [5.74, 6) is 0. The van der Waals surface area contributed by atoms with E-state index >= 15 is 0 Å². The summed E-state index contributed by atoms with van der Waals surface area (Å²) in [5.41, 5.74) is 0. The summed E-state index contributed by atoms with van der Waals surface area (Å²) < 4.78 is 2.73. The molecule has 38 valence electrons. The van der Waals surface area contributed by atoms with Crippen molar-refractivity contribution in [3.63, 3.8) is 0 Å². The van der Waals surface area contributed by atoms with Crippen LogP contribution in [0.4, 0.5) is 0 Å². The zero-order valence-electron chi connectivity index (χ0n) is 3.32. The average Bonchev–Trinajstić information content (AvgIpc) is 1.87. The van der Waals surface area contributed by atoms with Crippen molar-refractivity contribution in [1.82, 2.24) is 0 Å². The van der Waals surface area contributed by atoms with Crippen LogP contribution in [0.5, 0.6) is 0 Å². The van der Waals surface area contributed by atoms with Gasteiger partial charge in [0.05, 0.1) is 5.77 Å². The van der Waals surface area contributed by atoms with Gasteiger partial charge in [-0.2, -0.15) is 0 Å². The van der Waals surface area contributed by atoms with Crippen LogP contribution >= 0.6 is 56.5 Å². The van der Waals surface area contributed by atoms with E-state index in [1.807, 2.05) is 11.3 Å². The highest BCUT2D eigenvalue weighted by Gasteiger charge is 1.87. The van der Waals surface area contributed by atoms with E-state index in [1.165, 1.54) is 5.77 Å². The minimum Gasteiger partial charge on any atom is -0.123 e. The van der Waals surface area contributed by atoms with Gasteiger partial charge in [0.25, 0.3) is 0 Å². The van der Waals surface area contributed by atoms with Crippen LogP contribution in [0.15, 0.2) is 12.1 Å². The molecule has 7 heavy (non-hydrogen) atoms. The molecule has 0 aromatic carbocycles. The zero-order chi connectivity index (χ0) is 5.28. The Bertz CT molecular complexity index is 142. The van der Waals surface area contributed by atoms with Gasteiger partial charge < -0.3 is 0 Å². The molecule has 0 fully saturated rings. The Morgan fingerprint density at radius 2 is 1.57 bits per heavy atom. The summed E-state index contributed by atoms with van der Waals surface area (Å²) in [6, 6.07) is 4.24. The van der Waals surface area contributed by atoms with Crippen LogP contribution in [0.2, 0.25) is 0 Å². The van der Waals surface area contributed by atoms with Gasteiger partial charge in [-0.3, -0.25) is 0 Å². The molecule has 0 aliphatic carbocycles. The maximum atomic E-state index is 2.31. The van der Waals surface area contributed by atoms with E-state index in [0.717, 1.165) is 0 Å². The minimum atomic E-state index is 1.36. The fourth-order valence-corrected chi connectivity index (χ4v) is 3.80. The van der Waals surface area contributed by atoms with Crippen LogP contribution in [0.25, 0.3) is 0 Å². The Morgan fingerprint density at radius 3 is 1.71 bits per heavy atom. The summed E-state index contributed by atoms with van der Waals surface area (Å²) in [6.45, 7) is 0. The van der Waals surface area contributed by atoms with Gasteiger partial charge in [0.1, 0.15) is 0 Å². The van der Waals surface area contributed by atoms with Crippen molar-refractivity contribution in [2.75, 3.05) is 0 Å². The van der Waals surface area contributed by atoms with Crippen molar-refractivity contribution in [1.29, 1.82) is 0 Å². The predicted octanol–water partition coefficient (Wildman–Crippen LogP) is 2.96. The van der Waals surface area contributed by atoms with Crippen LogP contribution in [-0.2, 0) is 0 Å². The molecule has 0 bridgehead atoms. The van der Waals surface area contributed by atoms with Crippen LogP contribution in [0.1, 0.15) is 0 Å². The van der Waals surface area contributed by atoms with E-state index in [1.54, 1.807) is 0 Å². The molecule has 0 radical (unpaired) electrons. The molecule has 0 aliphatic heterocycles. The van der Waals surface area contributed by atoms with Crippen molar-refractivity contribution in [3.8, 4) is 0 Å². The van der Waals surface area contributed by atoms with Gasteiger partial charge in [0.15, 0.2) is 0 Å². The molecule has 0 spiro atoms. The molecule has 1 aromatic heterocycles. The molecule has 0 amide bonds. The van der Waals surface area contributed by atoms with Crippen molar-refractivity contribution in [2.24, 2.45) is 0 Å². The first-order chi connectivity index (χ1) is 3.29. The number of hydrogen-bond acceptors (Lipinski definition) is 1. The average molecular weight is 340 g/mol. The zero-order valence-corrected chi connectivity index (χ0v) is 8.45. The van der Waals surface area contributed by atoms with Crippen molar-refractivity contribution < 1.29 is 0 Å². The smallest absolute Gasteiger partial charge is 0.0664 e. The van der Waals surface area contributed by atoms with E-state index in [2.05, 4.69) is 57.3 Å². The highest BCUT2D eigenvalue weighted by molar-refractivity contribution is 14.1. The highest BCUT2D eigenvalue weighted by Crippen LogP contribution is 2.18. The Morgan fingerprint density at radius 1 is 1.14 bits per heavy atom. The second-order valence-electron chi connectivity index (χ2n) is 1.04. The Kier molecular flexibility index (Phi) is 2.36. The van der Waals surface area contributed by atoms with Crippen molar-refractivity contribution >= 4 is 56.5 Å². The molecule has 0 aliphatic rings. The number of rotatable bonds is 0. The maximum Gasteiger partial charge on any atom is 0.0664 e. The van der Waals surface area contributed by atoms with Gasteiger partial charge in [0, 0.05) is 0 Å². The summed E-state index contributed by atoms with van der Waals surface area (Å²) in [5, 5.41) is 0. The molecule has 0 unspecified atom stereocenters.